The fourth-order valence-electron chi connectivity index (χ4n) is 3.01. The van der Waals surface area contributed by atoms with Crippen LogP contribution < -0.4 is 5.32 Å². The fourth-order valence-corrected chi connectivity index (χ4v) is 3.75. The van der Waals surface area contributed by atoms with E-state index in [-0.39, 0.29) is 17.5 Å². The first-order valence-electron chi connectivity index (χ1n) is 9.50. The number of nitrogens with one attached hydrogen (secondary N) is 1. The van der Waals surface area contributed by atoms with Crippen LogP contribution in [0.5, 0.6) is 0 Å². The summed E-state index contributed by atoms with van der Waals surface area (Å²) in [5, 5.41) is 11.7. The molecule has 156 valence electrons. The lowest BCUT2D eigenvalue weighted by atomic mass is 10.2. The molecule has 0 aliphatic carbocycles. The minimum absolute atomic E-state index is 0.0762. The first kappa shape index (κ1) is 20.7. The van der Waals surface area contributed by atoms with Crippen molar-refractivity contribution in [2.75, 3.05) is 11.1 Å². The average Bonchev–Trinajstić information content (AvgIpc) is 3.16. The Kier molecular flexibility index (Phi) is 6.37. The number of nitrogens with zero attached hydrogens (tertiary/aromatic N) is 3. The Morgan fingerprint density at radius 2 is 1.68 bits per heavy atom. The third kappa shape index (κ3) is 5.35. The lowest BCUT2D eigenvalue weighted by Crippen LogP contribution is -2.15. The van der Waals surface area contributed by atoms with E-state index in [2.05, 4.69) is 15.5 Å². The third-order valence-corrected chi connectivity index (χ3v) is 5.41. The highest BCUT2D eigenvalue weighted by atomic mass is 32.2. The van der Waals surface area contributed by atoms with Gasteiger partial charge in [0.1, 0.15) is 11.6 Å². The Morgan fingerprint density at radius 3 is 2.42 bits per heavy atom. The van der Waals surface area contributed by atoms with Gasteiger partial charge in [-0.05, 0) is 48.0 Å². The van der Waals surface area contributed by atoms with Gasteiger partial charge in [0.05, 0.1) is 12.3 Å². The van der Waals surface area contributed by atoms with Crippen molar-refractivity contribution in [3.05, 3.63) is 96.1 Å². The summed E-state index contributed by atoms with van der Waals surface area (Å²) >= 11 is 1.23. The van der Waals surface area contributed by atoms with Crippen LogP contribution in [-0.2, 0) is 11.3 Å². The normalized spacial score (nSPS) is 10.8. The summed E-state index contributed by atoms with van der Waals surface area (Å²) in [6.45, 7) is 0.494. The minimum atomic E-state index is -0.419. The molecule has 1 aromatic heterocycles. The molecule has 0 bridgehead atoms. The first-order valence-corrected chi connectivity index (χ1v) is 10.5. The number of anilines is 1. The van der Waals surface area contributed by atoms with E-state index in [4.69, 9.17) is 0 Å². The van der Waals surface area contributed by atoms with Gasteiger partial charge in [-0.3, -0.25) is 9.36 Å². The molecule has 31 heavy (non-hydrogen) atoms. The molecular formula is C23H18F2N4OS. The number of halogens is 2. The van der Waals surface area contributed by atoms with E-state index in [1.165, 1.54) is 42.1 Å². The second kappa shape index (κ2) is 9.53. The van der Waals surface area contributed by atoms with Crippen LogP contribution in [0.3, 0.4) is 0 Å². The van der Waals surface area contributed by atoms with Crippen molar-refractivity contribution in [2.45, 2.75) is 11.7 Å². The zero-order valence-corrected chi connectivity index (χ0v) is 17.2. The van der Waals surface area contributed by atoms with E-state index in [1.807, 2.05) is 34.9 Å². The minimum Gasteiger partial charge on any atom is -0.325 e. The molecule has 4 rings (SSSR count). The van der Waals surface area contributed by atoms with Crippen molar-refractivity contribution in [3.63, 3.8) is 0 Å². The van der Waals surface area contributed by atoms with Crippen LogP contribution in [0, 0.1) is 11.6 Å². The maximum atomic E-state index is 13.4. The van der Waals surface area contributed by atoms with E-state index in [9.17, 15) is 13.6 Å². The Hall–Kier alpha value is -3.52. The number of carbonyl (C=O) groups is 1. The topological polar surface area (TPSA) is 59.8 Å². The molecule has 3 aromatic carbocycles. The SMILES string of the molecule is O=C(CSc1nnc(-c2ccc(F)cc2)n1Cc1ccccc1)Nc1cccc(F)c1. The third-order valence-electron chi connectivity index (χ3n) is 4.44. The van der Waals surface area contributed by atoms with Gasteiger partial charge in [0.15, 0.2) is 11.0 Å². The number of rotatable bonds is 7. The maximum Gasteiger partial charge on any atom is 0.234 e. The summed E-state index contributed by atoms with van der Waals surface area (Å²) in [7, 11) is 0. The standard InChI is InChI=1S/C23H18F2N4OS/c24-18-11-9-17(10-12-18)22-27-28-23(29(22)14-16-5-2-1-3-6-16)31-15-21(30)26-20-8-4-7-19(25)13-20/h1-13H,14-15H2,(H,26,30). The van der Waals surface area contributed by atoms with Gasteiger partial charge >= 0.3 is 0 Å². The quantitative estimate of drug-likeness (QED) is 0.414. The first-order chi connectivity index (χ1) is 15.1. The molecule has 4 aromatic rings. The van der Waals surface area contributed by atoms with Crippen molar-refractivity contribution < 1.29 is 13.6 Å². The molecule has 1 N–H and O–H groups in total. The molecular weight excluding hydrogens is 418 g/mol. The molecule has 0 saturated carbocycles. The summed E-state index contributed by atoms with van der Waals surface area (Å²) in [5.41, 5.74) is 2.15. The van der Waals surface area contributed by atoms with Gasteiger partial charge in [-0.2, -0.15) is 0 Å². The maximum absolute atomic E-state index is 13.4. The highest BCUT2D eigenvalue weighted by Crippen LogP contribution is 2.25. The van der Waals surface area contributed by atoms with Crippen molar-refractivity contribution in [3.8, 4) is 11.4 Å². The van der Waals surface area contributed by atoms with Crippen molar-refractivity contribution >= 4 is 23.4 Å². The van der Waals surface area contributed by atoms with E-state index in [0.29, 0.717) is 23.2 Å². The number of thioether (sulfide) groups is 1. The van der Waals surface area contributed by atoms with Crippen LogP contribution in [0.4, 0.5) is 14.5 Å². The number of benzene rings is 3. The molecule has 0 fully saturated rings. The van der Waals surface area contributed by atoms with Crippen LogP contribution in [-0.4, -0.2) is 26.4 Å². The Bertz CT molecular complexity index is 1180. The molecule has 0 atom stereocenters. The smallest absolute Gasteiger partial charge is 0.234 e. The van der Waals surface area contributed by atoms with Crippen molar-refractivity contribution in [1.82, 2.24) is 14.8 Å². The second-order valence-electron chi connectivity index (χ2n) is 6.73. The molecule has 1 amide bonds. The average molecular weight is 436 g/mol. The van der Waals surface area contributed by atoms with Crippen LogP contribution >= 0.6 is 11.8 Å². The predicted molar refractivity (Wildman–Crippen MR) is 117 cm³/mol. The summed E-state index contributed by atoms with van der Waals surface area (Å²) in [4.78, 5) is 12.3. The van der Waals surface area contributed by atoms with Crippen molar-refractivity contribution in [1.29, 1.82) is 0 Å². The zero-order valence-electron chi connectivity index (χ0n) is 16.3. The van der Waals surface area contributed by atoms with Gasteiger partial charge in [-0.25, -0.2) is 8.78 Å². The lowest BCUT2D eigenvalue weighted by molar-refractivity contribution is -0.113. The van der Waals surface area contributed by atoms with Gasteiger partial charge in [0.25, 0.3) is 0 Å². The van der Waals surface area contributed by atoms with Crippen LogP contribution in [0.25, 0.3) is 11.4 Å². The monoisotopic (exact) mass is 436 g/mol. The van der Waals surface area contributed by atoms with Gasteiger partial charge in [0, 0.05) is 11.3 Å². The summed E-state index contributed by atoms with van der Waals surface area (Å²) < 4.78 is 28.6. The van der Waals surface area contributed by atoms with Gasteiger partial charge < -0.3 is 5.32 Å². The molecule has 0 radical (unpaired) electrons. The van der Waals surface area contributed by atoms with Gasteiger partial charge in [-0.1, -0.05) is 48.2 Å². The molecule has 0 unspecified atom stereocenters. The van der Waals surface area contributed by atoms with Gasteiger partial charge in [-0.15, -0.1) is 10.2 Å². The van der Waals surface area contributed by atoms with E-state index in [0.717, 1.165) is 11.1 Å². The lowest BCUT2D eigenvalue weighted by Gasteiger charge is -2.11. The van der Waals surface area contributed by atoms with E-state index in [1.54, 1.807) is 18.2 Å². The molecule has 0 spiro atoms. The highest BCUT2D eigenvalue weighted by molar-refractivity contribution is 7.99. The molecule has 8 heteroatoms. The highest BCUT2D eigenvalue weighted by Gasteiger charge is 2.16. The van der Waals surface area contributed by atoms with Crippen molar-refractivity contribution in [2.24, 2.45) is 0 Å². The number of carbonyl (C=O) groups excluding carboxylic acids is 1. The largest absolute Gasteiger partial charge is 0.325 e. The number of hydrogen-bond donors (Lipinski definition) is 1. The molecule has 0 aliphatic heterocycles. The second-order valence-corrected chi connectivity index (χ2v) is 7.67. The molecule has 1 heterocycles. The zero-order chi connectivity index (χ0) is 21.6. The summed E-state index contributed by atoms with van der Waals surface area (Å²) in [6.07, 6.45) is 0. The predicted octanol–water partition coefficient (Wildman–Crippen LogP) is 5.00. The number of hydrogen-bond acceptors (Lipinski definition) is 4. The fraction of sp³-hybridized carbons (Fsp3) is 0.0870. The van der Waals surface area contributed by atoms with Crippen LogP contribution in [0.2, 0.25) is 0 Å². The van der Waals surface area contributed by atoms with E-state index < -0.39 is 5.82 Å². The molecule has 0 saturated heterocycles. The summed E-state index contributed by atoms with van der Waals surface area (Å²) in [6, 6.07) is 21.5. The van der Waals surface area contributed by atoms with Crippen LogP contribution in [0.15, 0.2) is 84.0 Å². The van der Waals surface area contributed by atoms with E-state index >= 15 is 0 Å². The number of aromatic nitrogens is 3. The Morgan fingerprint density at radius 1 is 0.903 bits per heavy atom. The molecule has 0 aliphatic rings. The molecule has 5 nitrogen and oxygen atoms in total. The van der Waals surface area contributed by atoms with Crippen LogP contribution in [0.1, 0.15) is 5.56 Å². The Labute approximate surface area is 182 Å². The number of amides is 1. The summed E-state index contributed by atoms with van der Waals surface area (Å²) in [5.74, 6) is -0.379. The van der Waals surface area contributed by atoms with Gasteiger partial charge in [0.2, 0.25) is 5.91 Å². The Balaban J connectivity index is 1.55.